The molecule has 30 heavy (non-hydrogen) atoms. The largest absolute Gasteiger partial charge is 0.296 e. The van der Waals surface area contributed by atoms with E-state index in [4.69, 9.17) is 23.2 Å². The van der Waals surface area contributed by atoms with E-state index >= 15 is 0 Å². The molecule has 2 aromatic carbocycles. The van der Waals surface area contributed by atoms with Crippen LogP contribution in [-0.2, 0) is 12.3 Å². The molecule has 2 heterocycles. The average molecular weight is 477 g/mol. The smallest absolute Gasteiger partial charge is 0.257 e. The molecule has 0 aliphatic rings. The first-order valence-electron chi connectivity index (χ1n) is 8.70. The second-order valence-corrected chi connectivity index (χ2v) is 9.12. The number of anilines is 1. The van der Waals surface area contributed by atoms with Crippen LogP contribution in [0.15, 0.2) is 59.5 Å². The molecule has 4 aromatic rings. The van der Waals surface area contributed by atoms with Crippen molar-refractivity contribution in [3.63, 3.8) is 0 Å². The summed E-state index contributed by atoms with van der Waals surface area (Å²) in [5.41, 5.74) is 2.40. The zero-order chi connectivity index (χ0) is 20.9. The molecule has 0 radical (unpaired) electrons. The molecule has 152 valence electrons. The first-order valence-corrected chi connectivity index (χ1v) is 11.3. The molecule has 11 heteroatoms. The lowest BCUT2D eigenvalue weighted by molar-refractivity contribution is 0.102. The van der Waals surface area contributed by atoms with Crippen LogP contribution >= 0.6 is 46.3 Å². The normalized spacial score (nSPS) is 10.9. The maximum Gasteiger partial charge on any atom is 0.257 e. The standard InChI is InChI=1S/C19H14Cl2N6OS2/c20-15-2-1-3-16(21)14(15)9-29-19-26-25-18(30-19)24-17(28)13-6-4-12(5-7-13)8-27-11-22-10-23-27/h1-7,10-11H,8-9H2,(H,24,25,28). The fraction of sp³-hybridized carbons (Fsp3) is 0.105. The third-order valence-corrected chi connectivity index (χ3v) is 6.76. The maximum atomic E-state index is 12.5. The van der Waals surface area contributed by atoms with Crippen LogP contribution in [0.2, 0.25) is 10.0 Å². The second kappa shape index (κ2) is 9.57. The minimum atomic E-state index is -0.246. The van der Waals surface area contributed by atoms with Gasteiger partial charge < -0.3 is 0 Å². The lowest BCUT2D eigenvalue weighted by Gasteiger charge is -2.04. The van der Waals surface area contributed by atoms with Crippen molar-refractivity contribution in [2.24, 2.45) is 0 Å². The number of benzene rings is 2. The summed E-state index contributed by atoms with van der Waals surface area (Å²) in [6.45, 7) is 0.592. The summed E-state index contributed by atoms with van der Waals surface area (Å²) >= 11 is 15.1. The number of thioether (sulfide) groups is 1. The molecule has 1 amide bonds. The molecular formula is C19H14Cl2N6OS2. The first kappa shape index (κ1) is 20.8. The monoisotopic (exact) mass is 476 g/mol. The van der Waals surface area contributed by atoms with E-state index in [0.717, 1.165) is 11.1 Å². The Morgan fingerprint density at radius 1 is 1.10 bits per heavy atom. The number of hydrogen-bond donors (Lipinski definition) is 1. The Hall–Kier alpha value is -2.46. The Balaban J connectivity index is 1.34. The summed E-state index contributed by atoms with van der Waals surface area (Å²) in [4.78, 5) is 16.4. The number of nitrogens with zero attached hydrogens (tertiary/aromatic N) is 5. The van der Waals surface area contributed by atoms with Crippen molar-refractivity contribution in [1.29, 1.82) is 0 Å². The van der Waals surface area contributed by atoms with E-state index in [-0.39, 0.29) is 5.91 Å². The number of aromatic nitrogens is 5. The van der Waals surface area contributed by atoms with Crippen LogP contribution in [0.25, 0.3) is 0 Å². The Bertz CT molecular complexity index is 1130. The minimum absolute atomic E-state index is 0.246. The predicted octanol–water partition coefficient (Wildman–Crippen LogP) is 5.03. The lowest BCUT2D eigenvalue weighted by Crippen LogP contribution is -2.11. The van der Waals surface area contributed by atoms with Gasteiger partial charge in [0.2, 0.25) is 5.13 Å². The van der Waals surface area contributed by atoms with E-state index < -0.39 is 0 Å². The van der Waals surface area contributed by atoms with Gasteiger partial charge in [0.05, 0.1) is 6.54 Å². The predicted molar refractivity (Wildman–Crippen MR) is 119 cm³/mol. The molecule has 0 spiro atoms. The van der Waals surface area contributed by atoms with Crippen LogP contribution in [0.4, 0.5) is 5.13 Å². The summed E-state index contributed by atoms with van der Waals surface area (Å²) in [5, 5.41) is 16.6. The zero-order valence-corrected chi connectivity index (χ0v) is 18.5. The van der Waals surface area contributed by atoms with Gasteiger partial charge in [-0.1, -0.05) is 64.5 Å². The fourth-order valence-corrected chi connectivity index (χ4v) is 5.04. The van der Waals surface area contributed by atoms with E-state index in [0.29, 0.717) is 37.4 Å². The molecule has 4 rings (SSSR count). The number of rotatable bonds is 7. The van der Waals surface area contributed by atoms with Crippen molar-refractivity contribution in [1.82, 2.24) is 25.0 Å². The number of nitrogens with one attached hydrogen (secondary N) is 1. The average Bonchev–Trinajstić information content (AvgIpc) is 3.40. The number of hydrogen-bond acceptors (Lipinski definition) is 7. The minimum Gasteiger partial charge on any atom is -0.296 e. The van der Waals surface area contributed by atoms with Crippen LogP contribution in [0.5, 0.6) is 0 Å². The molecule has 0 unspecified atom stereocenters. The molecule has 7 nitrogen and oxygen atoms in total. The van der Waals surface area contributed by atoms with Gasteiger partial charge >= 0.3 is 0 Å². The Kier molecular flexibility index (Phi) is 6.63. The lowest BCUT2D eigenvalue weighted by atomic mass is 10.1. The molecule has 0 aliphatic heterocycles. The molecular weight excluding hydrogens is 463 g/mol. The third-order valence-electron chi connectivity index (χ3n) is 4.06. The summed E-state index contributed by atoms with van der Waals surface area (Å²) in [7, 11) is 0. The Morgan fingerprint density at radius 2 is 1.87 bits per heavy atom. The SMILES string of the molecule is O=C(Nc1nnc(SCc2c(Cl)cccc2Cl)s1)c1ccc(Cn2cncn2)cc1. The van der Waals surface area contributed by atoms with E-state index in [2.05, 4.69) is 25.6 Å². The molecule has 0 saturated heterocycles. The maximum absolute atomic E-state index is 12.5. The summed E-state index contributed by atoms with van der Waals surface area (Å²) in [6.07, 6.45) is 3.13. The highest BCUT2D eigenvalue weighted by Crippen LogP contribution is 2.33. The van der Waals surface area contributed by atoms with Gasteiger partial charge in [-0.15, -0.1) is 10.2 Å². The van der Waals surface area contributed by atoms with Crippen molar-refractivity contribution in [3.8, 4) is 0 Å². The van der Waals surface area contributed by atoms with Crippen molar-refractivity contribution >= 4 is 57.3 Å². The molecule has 2 aromatic heterocycles. The highest BCUT2D eigenvalue weighted by atomic mass is 35.5. The fourth-order valence-electron chi connectivity index (χ4n) is 2.55. The Morgan fingerprint density at radius 3 is 2.57 bits per heavy atom. The molecule has 0 atom stereocenters. The van der Waals surface area contributed by atoms with Gasteiger partial charge in [-0.3, -0.25) is 10.1 Å². The van der Waals surface area contributed by atoms with Crippen molar-refractivity contribution in [2.45, 2.75) is 16.6 Å². The topological polar surface area (TPSA) is 85.6 Å². The second-order valence-electron chi connectivity index (χ2n) is 6.11. The van der Waals surface area contributed by atoms with Crippen LogP contribution in [0.1, 0.15) is 21.5 Å². The highest BCUT2D eigenvalue weighted by molar-refractivity contribution is 8.00. The molecule has 0 fully saturated rings. The van der Waals surface area contributed by atoms with Crippen LogP contribution in [0, 0.1) is 0 Å². The quantitative estimate of drug-likeness (QED) is 0.297. The summed E-state index contributed by atoms with van der Waals surface area (Å²) < 4.78 is 2.43. The van der Waals surface area contributed by atoms with E-state index in [1.165, 1.54) is 29.4 Å². The molecule has 1 N–H and O–H groups in total. The summed E-state index contributed by atoms with van der Waals surface area (Å²) in [5.74, 6) is 0.318. The van der Waals surface area contributed by atoms with Gasteiger partial charge in [-0.2, -0.15) is 5.10 Å². The summed E-state index contributed by atoms with van der Waals surface area (Å²) in [6, 6.07) is 12.7. The van der Waals surface area contributed by atoms with E-state index in [1.807, 2.05) is 12.1 Å². The van der Waals surface area contributed by atoms with Gasteiger partial charge in [-0.05, 0) is 35.4 Å². The number of halogens is 2. The first-order chi connectivity index (χ1) is 14.6. The Labute approximate surface area is 190 Å². The van der Waals surface area contributed by atoms with Crippen molar-refractivity contribution in [3.05, 3.63) is 81.9 Å². The number of amides is 1. The van der Waals surface area contributed by atoms with Crippen molar-refractivity contribution < 1.29 is 4.79 Å². The van der Waals surface area contributed by atoms with Crippen molar-refractivity contribution in [2.75, 3.05) is 5.32 Å². The zero-order valence-electron chi connectivity index (χ0n) is 15.3. The van der Waals surface area contributed by atoms with Crippen LogP contribution in [0.3, 0.4) is 0 Å². The van der Waals surface area contributed by atoms with Crippen LogP contribution < -0.4 is 5.32 Å². The highest BCUT2D eigenvalue weighted by Gasteiger charge is 2.12. The molecule has 0 bridgehead atoms. The number of carbonyl (C=O) groups excluding carboxylic acids is 1. The van der Waals surface area contributed by atoms with Crippen LogP contribution in [-0.4, -0.2) is 30.9 Å². The van der Waals surface area contributed by atoms with E-state index in [9.17, 15) is 4.79 Å². The molecule has 0 saturated carbocycles. The number of carbonyl (C=O) groups is 1. The van der Waals surface area contributed by atoms with Gasteiger partial charge in [0, 0.05) is 21.4 Å². The molecule has 0 aliphatic carbocycles. The van der Waals surface area contributed by atoms with E-state index in [1.54, 1.807) is 41.3 Å². The van der Waals surface area contributed by atoms with Gasteiger partial charge in [0.25, 0.3) is 5.91 Å². The van der Waals surface area contributed by atoms with Gasteiger partial charge in [0.15, 0.2) is 4.34 Å². The van der Waals surface area contributed by atoms with Gasteiger partial charge in [-0.25, -0.2) is 9.67 Å². The third kappa shape index (κ3) is 5.17. The van der Waals surface area contributed by atoms with Gasteiger partial charge in [0.1, 0.15) is 12.7 Å².